The molecule has 138 valence electrons. The molecular weight excluding hydrogens is 415 g/mol. The van der Waals surface area contributed by atoms with E-state index in [0.29, 0.717) is 43.1 Å². The van der Waals surface area contributed by atoms with E-state index >= 15 is 0 Å². The SMILES string of the molecule is O=C(Nc1ccccc1Cl)c1cc(-c2ccc(Cl)cc2Cl)nc2ccccc12. The summed E-state index contributed by atoms with van der Waals surface area (Å²) in [4.78, 5) is 17.7. The molecule has 0 bridgehead atoms. The van der Waals surface area contributed by atoms with Gasteiger partial charge >= 0.3 is 0 Å². The fourth-order valence-corrected chi connectivity index (χ4v) is 3.64. The van der Waals surface area contributed by atoms with Crippen molar-refractivity contribution in [3.05, 3.63) is 93.4 Å². The van der Waals surface area contributed by atoms with Gasteiger partial charge in [-0.1, -0.05) is 65.1 Å². The number of nitrogens with zero attached hydrogens (tertiary/aromatic N) is 1. The molecule has 0 saturated carbocycles. The van der Waals surface area contributed by atoms with E-state index in [1.807, 2.05) is 30.3 Å². The average molecular weight is 428 g/mol. The lowest BCUT2D eigenvalue weighted by atomic mass is 10.0. The van der Waals surface area contributed by atoms with Gasteiger partial charge in [0.05, 0.1) is 32.5 Å². The third-order valence-corrected chi connectivity index (χ3v) is 5.17. The highest BCUT2D eigenvalue weighted by molar-refractivity contribution is 6.36. The van der Waals surface area contributed by atoms with Gasteiger partial charge < -0.3 is 5.32 Å². The van der Waals surface area contributed by atoms with Crippen molar-refractivity contribution in [1.29, 1.82) is 0 Å². The van der Waals surface area contributed by atoms with Crippen molar-refractivity contribution in [3.63, 3.8) is 0 Å². The summed E-state index contributed by atoms with van der Waals surface area (Å²) in [5.41, 5.74) is 3.00. The monoisotopic (exact) mass is 426 g/mol. The third kappa shape index (κ3) is 3.69. The van der Waals surface area contributed by atoms with E-state index in [9.17, 15) is 4.79 Å². The van der Waals surface area contributed by atoms with E-state index < -0.39 is 0 Å². The normalized spacial score (nSPS) is 10.8. The number of carbonyl (C=O) groups excluding carboxylic acids is 1. The minimum atomic E-state index is -0.280. The number of fused-ring (bicyclic) bond motifs is 1. The minimum Gasteiger partial charge on any atom is -0.321 e. The fourth-order valence-electron chi connectivity index (χ4n) is 2.95. The molecule has 0 fully saturated rings. The lowest BCUT2D eigenvalue weighted by Crippen LogP contribution is -2.13. The van der Waals surface area contributed by atoms with Crippen LogP contribution in [0.25, 0.3) is 22.2 Å². The smallest absolute Gasteiger partial charge is 0.256 e. The zero-order valence-electron chi connectivity index (χ0n) is 14.4. The lowest BCUT2D eigenvalue weighted by Gasteiger charge is -2.12. The first-order valence-electron chi connectivity index (χ1n) is 8.44. The van der Waals surface area contributed by atoms with Crippen LogP contribution in [0.15, 0.2) is 72.8 Å². The molecule has 1 amide bonds. The van der Waals surface area contributed by atoms with Crippen LogP contribution in [-0.4, -0.2) is 10.9 Å². The summed E-state index contributed by atoms with van der Waals surface area (Å²) in [6, 6.07) is 21.4. The molecule has 0 spiro atoms. The van der Waals surface area contributed by atoms with Crippen LogP contribution in [-0.2, 0) is 0 Å². The van der Waals surface area contributed by atoms with Crippen LogP contribution in [0.5, 0.6) is 0 Å². The Balaban J connectivity index is 1.85. The summed E-state index contributed by atoms with van der Waals surface area (Å²) in [5, 5.41) is 5.07. The van der Waals surface area contributed by atoms with Crippen LogP contribution in [0.4, 0.5) is 5.69 Å². The molecule has 0 saturated heterocycles. The van der Waals surface area contributed by atoms with Gasteiger partial charge in [0.25, 0.3) is 5.91 Å². The Morgan fingerprint density at radius 2 is 1.57 bits per heavy atom. The average Bonchev–Trinajstić information content (AvgIpc) is 2.69. The van der Waals surface area contributed by atoms with Crippen molar-refractivity contribution < 1.29 is 4.79 Å². The molecule has 4 rings (SSSR count). The Morgan fingerprint density at radius 3 is 2.36 bits per heavy atom. The van der Waals surface area contributed by atoms with E-state index in [2.05, 4.69) is 10.3 Å². The molecule has 0 aliphatic heterocycles. The number of rotatable bonds is 3. The molecule has 0 aliphatic carbocycles. The third-order valence-electron chi connectivity index (χ3n) is 4.29. The summed E-state index contributed by atoms with van der Waals surface area (Å²) in [6.45, 7) is 0. The number of halogens is 3. The largest absolute Gasteiger partial charge is 0.321 e. The predicted molar refractivity (Wildman–Crippen MR) is 117 cm³/mol. The summed E-state index contributed by atoms with van der Waals surface area (Å²) < 4.78 is 0. The van der Waals surface area contributed by atoms with Gasteiger partial charge in [0.1, 0.15) is 0 Å². The molecule has 4 aromatic rings. The standard InChI is InChI=1S/C22H13Cl3N2O/c23-13-9-10-15(18(25)11-13)21-12-16(14-5-1-3-7-19(14)26-21)22(28)27-20-8-4-2-6-17(20)24/h1-12H,(H,27,28). The topological polar surface area (TPSA) is 42.0 Å². The second-order valence-corrected chi connectivity index (χ2v) is 7.38. The van der Waals surface area contributed by atoms with E-state index in [0.717, 1.165) is 5.39 Å². The Morgan fingerprint density at radius 1 is 0.821 bits per heavy atom. The van der Waals surface area contributed by atoms with Crippen LogP contribution in [0.1, 0.15) is 10.4 Å². The Bertz CT molecular complexity index is 1210. The number of carbonyl (C=O) groups is 1. The molecular formula is C22H13Cl3N2O. The van der Waals surface area contributed by atoms with Crippen molar-refractivity contribution in [2.45, 2.75) is 0 Å². The maximum Gasteiger partial charge on any atom is 0.256 e. The van der Waals surface area contributed by atoms with Gasteiger partial charge in [-0.3, -0.25) is 4.79 Å². The molecule has 3 aromatic carbocycles. The molecule has 28 heavy (non-hydrogen) atoms. The second kappa shape index (κ2) is 7.80. The van der Waals surface area contributed by atoms with Crippen molar-refractivity contribution in [3.8, 4) is 11.3 Å². The first-order chi connectivity index (χ1) is 13.5. The highest BCUT2D eigenvalue weighted by Gasteiger charge is 2.16. The van der Waals surface area contributed by atoms with Crippen LogP contribution >= 0.6 is 34.8 Å². The minimum absolute atomic E-state index is 0.280. The highest BCUT2D eigenvalue weighted by atomic mass is 35.5. The number of aromatic nitrogens is 1. The molecule has 0 unspecified atom stereocenters. The van der Waals surface area contributed by atoms with Crippen molar-refractivity contribution >= 4 is 57.3 Å². The molecule has 6 heteroatoms. The zero-order chi connectivity index (χ0) is 19.7. The number of benzene rings is 3. The number of hydrogen-bond acceptors (Lipinski definition) is 2. The van der Waals surface area contributed by atoms with Gasteiger partial charge in [0.2, 0.25) is 0 Å². The summed E-state index contributed by atoms with van der Waals surface area (Å²) in [6.07, 6.45) is 0. The first-order valence-corrected chi connectivity index (χ1v) is 9.57. The quantitative estimate of drug-likeness (QED) is 0.378. The Labute approximate surface area is 176 Å². The Hall–Kier alpha value is -2.59. The van der Waals surface area contributed by atoms with Crippen molar-refractivity contribution in [2.24, 2.45) is 0 Å². The molecule has 0 aliphatic rings. The molecule has 0 atom stereocenters. The first kappa shape index (κ1) is 18.8. The number of hydrogen-bond donors (Lipinski definition) is 1. The van der Waals surface area contributed by atoms with Crippen molar-refractivity contribution in [2.75, 3.05) is 5.32 Å². The van der Waals surface area contributed by atoms with E-state index in [1.54, 1.807) is 42.5 Å². The van der Waals surface area contributed by atoms with E-state index in [-0.39, 0.29) is 5.91 Å². The highest BCUT2D eigenvalue weighted by Crippen LogP contribution is 2.32. The number of amides is 1. The predicted octanol–water partition coefficient (Wildman–Crippen LogP) is 7.11. The van der Waals surface area contributed by atoms with Crippen molar-refractivity contribution in [1.82, 2.24) is 4.98 Å². The fraction of sp³-hybridized carbons (Fsp3) is 0. The summed E-state index contributed by atoms with van der Waals surface area (Å²) >= 11 is 18.5. The van der Waals surface area contributed by atoms with Gasteiger partial charge in [-0.15, -0.1) is 0 Å². The number of nitrogens with one attached hydrogen (secondary N) is 1. The lowest BCUT2D eigenvalue weighted by molar-refractivity contribution is 0.102. The van der Waals surface area contributed by atoms with Crippen LogP contribution in [0.3, 0.4) is 0 Å². The van der Waals surface area contributed by atoms with Gasteiger partial charge in [0, 0.05) is 16.0 Å². The Kier molecular flexibility index (Phi) is 5.23. The molecule has 3 nitrogen and oxygen atoms in total. The van der Waals surface area contributed by atoms with Crippen LogP contribution in [0, 0.1) is 0 Å². The molecule has 0 radical (unpaired) electrons. The molecule has 1 aromatic heterocycles. The zero-order valence-corrected chi connectivity index (χ0v) is 16.7. The molecule has 1 heterocycles. The van der Waals surface area contributed by atoms with E-state index in [1.165, 1.54) is 0 Å². The summed E-state index contributed by atoms with van der Waals surface area (Å²) in [7, 11) is 0. The number of para-hydroxylation sites is 2. The maximum atomic E-state index is 13.1. The van der Waals surface area contributed by atoms with Gasteiger partial charge in [-0.25, -0.2) is 4.98 Å². The second-order valence-electron chi connectivity index (χ2n) is 6.13. The number of pyridine rings is 1. The van der Waals surface area contributed by atoms with Gasteiger partial charge in [-0.05, 0) is 42.5 Å². The van der Waals surface area contributed by atoms with Gasteiger partial charge in [-0.2, -0.15) is 0 Å². The van der Waals surface area contributed by atoms with E-state index in [4.69, 9.17) is 34.8 Å². The number of anilines is 1. The van der Waals surface area contributed by atoms with Gasteiger partial charge in [0.15, 0.2) is 0 Å². The maximum absolute atomic E-state index is 13.1. The van der Waals surface area contributed by atoms with Crippen LogP contribution in [0.2, 0.25) is 15.1 Å². The van der Waals surface area contributed by atoms with Crippen LogP contribution < -0.4 is 5.32 Å². The summed E-state index contributed by atoms with van der Waals surface area (Å²) in [5.74, 6) is -0.280. The molecule has 1 N–H and O–H groups in total.